The van der Waals surface area contributed by atoms with Crippen LogP contribution in [0.25, 0.3) is 0 Å². The molecular formula is C14H16FN3O4S. The summed E-state index contributed by atoms with van der Waals surface area (Å²) >= 11 is 0. The minimum absolute atomic E-state index is 0.0409. The number of halogens is 1. The number of rotatable bonds is 7. The lowest BCUT2D eigenvalue weighted by Crippen LogP contribution is -2.28. The normalized spacial score (nSPS) is 11.3. The largest absolute Gasteiger partial charge is 0.490 e. The number of benzene rings is 1. The summed E-state index contributed by atoms with van der Waals surface area (Å²) < 4.78 is 50.1. The highest BCUT2D eigenvalue weighted by Crippen LogP contribution is 2.29. The molecule has 7 nitrogen and oxygen atoms in total. The van der Waals surface area contributed by atoms with E-state index in [-0.39, 0.29) is 29.7 Å². The monoisotopic (exact) mass is 341 g/mol. The maximum Gasteiger partial charge on any atom is 0.269 e. The Balaban J connectivity index is 2.40. The molecule has 0 saturated heterocycles. The predicted octanol–water partition coefficient (Wildman–Crippen LogP) is 1.47. The van der Waals surface area contributed by atoms with Gasteiger partial charge in [-0.05, 0) is 18.2 Å². The van der Waals surface area contributed by atoms with Gasteiger partial charge in [0.2, 0.25) is 0 Å². The molecule has 0 bridgehead atoms. The number of aromatic nitrogens is 2. The standard InChI is InChI=1S/C14H16FN3O4S/c1-18(14-10-16-5-6-17-14)23(19,20)13-9-11(15)3-4-12(13)22-8-7-21-2/h3-6,9-10H,7-8H2,1-2H3. The lowest BCUT2D eigenvalue weighted by atomic mass is 10.3. The molecule has 0 aliphatic carbocycles. The van der Waals surface area contributed by atoms with Gasteiger partial charge in [0.15, 0.2) is 5.82 Å². The van der Waals surface area contributed by atoms with Gasteiger partial charge in [0.1, 0.15) is 23.1 Å². The molecule has 0 amide bonds. The zero-order chi connectivity index (χ0) is 16.9. The molecule has 0 radical (unpaired) electrons. The average molecular weight is 341 g/mol. The minimum atomic E-state index is -4.06. The summed E-state index contributed by atoms with van der Waals surface area (Å²) in [6.07, 6.45) is 4.08. The van der Waals surface area contributed by atoms with Crippen LogP contribution in [-0.4, -0.2) is 45.8 Å². The SMILES string of the molecule is COCCOc1ccc(F)cc1S(=O)(=O)N(C)c1cnccn1. The number of anilines is 1. The minimum Gasteiger partial charge on any atom is -0.490 e. The molecule has 0 saturated carbocycles. The first-order chi connectivity index (χ1) is 11.0. The van der Waals surface area contributed by atoms with E-state index >= 15 is 0 Å². The predicted molar refractivity (Wildman–Crippen MR) is 81.4 cm³/mol. The first-order valence-electron chi connectivity index (χ1n) is 6.63. The summed E-state index contributed by atoms with van der Waals surface area (Å²) in [7, 11) is -1.26. The van der Waals surface area contributed by atoms with Crippen LogP contribution in [0.1, 0.15) is 0 Å². The van der Waals surface area contributed by atoms with E-state index in [0.717, 1.165) is 16.4 Å². The lowest BCUT2D eigenvalue weighted by Gasteiger charge is -2.20. The van der Waals surface area contributed by atoms with Crippen molar-refractivity contribution in [2.24, 2.45) is 0 Å². The molecule has 124 valence electrons. The molecule has 0 aliphatic rings. The molecule has 0 unspecified atom stereocenters. The molecule has 0 aliphatic heterocycles. The summed E-state index contributed by atoms with van der Waals surface area (Å²) in [5.74, 6) is -0.533. The van der Waals surface area contributed by atoms with Gasteiger partial charge >= 0.3 is 0 Å². The summed E-state index contributed by atoms with van der Waals surface area (Å²) in [4.78, 5) is 7.46. The highest BCUT2D eigenvalue weighted by atomic mass is 32.2. The van der Waals surface area contributed by atoms with Crippen LogP contribution in [-0.2, 0) is 14.8 Å². The van der Waals surface area contributed by atoms with Crippen LogP contribution in [0.2, 0.25) is 0 Å². The second-order valence-corrected chi connectivity index (χ2v) is 6.41. The Labute approximate surface area is 133 Å². The van der Waals surface area contributed by atoms with E-state index in [2.05, 4.69) is 9.97 Å². The van der Waals surface area contributed by atoms with Crippen molar-refractivity contribution in [3.63, 3.8) is 0 Å². The van der Waals surface area contributed by atoms with E-state index in [1.54, 1.807) is 0 Å². The third-order valence-corrected chi connectivity index (χ3v) is 4.74. The van der Waals surface area contributed by atoms with Crippen LogP contribution in [0, 0.1) is 5.82 Å². The molecule has 0 spiro atoms. The van der Waals surface area contributed by atoms with Gasteiger partial charge in [-0.1, -0.05) is 0 Å². The maximum absolute atomic E-state index is 13.5. The molecule has 0 N–H and O–H groups in total. The van der Waals surface area contributed by atoms with E-state index < -0.39 is 15.8 Å². The van der Waals surface area contributed by atoms with Crippen molar-refractivity contribution in [2.75, 3.05) is 31.7 Å². The zero-order valence-corrected chi connectivity index (χ0v) is 13.5. The second-order valence-electron chi connectivity index (χ2n) is 4.47. The van der Waals surface area contributed by atoms with E-state index in [9.17, 15) is 12.8 Å². The Morgan fingerprint density at radius 1 is 1.26 bits per heavy atom. The molecule has 23 heavy (non-hydrogen) atoms. The van der Waals surface area contributed by atoms with Gasteiger partial charge in [-0.25, -0.2) is 17.8 Å². The Kier molecular flexibility index (Phi) is 5.45. The molecule has 1 aromatic carbocycles. The van der Waals surface area contributed by atoms with Gasteiger partial charge in [0, 0.05) is 26.6 Å². The molecule has 2 aromatic rings. The zero-order valence-electron chi connectivity index (χ0n) is 12.6. The van der Waals surface area contributed by atoms with Gasteiger partial charge in [-0.3, -0.25) is 9.29 Å². The van der Waals surface area contributed by atoms with Crippen molar-refractivity contribution in [3.8, 4) is 5.75 Å². The van der Waals surface area contributed by atoms with Crippen molar-refractivity contribution < 1.29 is 22.3 Å². The molecule has 1 aromatic heterocycles. The van der Waals surface area contributed by atoms with E-state index in [1.807, 2.05) is 0 Å². The van der Waals surface area contributed by atoms with Gasteiger partial charge in [-0.2, -0.15) is 0 Å². The number of nitrogens with zero attached hydrogens (tertiary/aromatic N) is 3. The van der Waals surface area contributed by atoms with Crippen LogP contribution >= 0.6 is 0 Å². The summed E-state index contributed by atoms with van der Waals surface area (Å²) in [6, 6.07) is 3.30. The smallest absolute Gasteiger partial charge is 0.269 e. The lowest BCUT2D eigenvalue weighted by molar-refractivity contribution is 0.144. The Morgan fingerprint density at radius 3 is 2.70 bits per heavy atom. The molecule has 0 atom stereocenters. The number of ether oxygens (including phenoxy) is 2. The fraction of sp³-hybridized carbons (Fsp3) is 0.286. The summed E-state index contributed by atoms with van der Waals surface area (Å²) in [5, 5.41) is 0. The molecule has 9 heteroatoms. The molecule has 2 rings (SSSR count). The van der Waals surface area contributed by atoms with E-state index in [4.69, 9.17) is 9.47 Å². The van der Waals surface area contributed by atoms with Crippen LogP contribution in [0.5, 0.6) is 5.75 Å². The fourth-order valence-corrected chi connectivity index (χ4v) is 3.04. The van der Waals surface area contributed by atoms with Gasteiger partial charge in [-0.15, -0.1) is 0 Å². The van der Waals surface area contributed by atoms with Crippen LogP contribution < -0.4 is 9.04 Å². The van der Waals surface area contributed by atoms with Gasteiger partial charge in [0.25, 0.3) is 10.0 Å². The van der Waals surface area contributed by atoms with Crippen molar-refractivity contribution in [1.29, 1.82) is 0 Å². The maximum atomic E-state index is 13.5. The topological polar surface area (TPSA) is 81.6 Å². The van der Waals surface area contributed by atoms with Gasteiger partial charge in [0.05, 0.1) is 12.8 Å². The third kappa shape index (κ3) is 3.93. The van der Waals surface area contributed by atoms with Crippen LogP contribution in [0.4, 0.5) is 10.2 Å². The molecular weight excluding hydrogens is 325 g/mol. The second kappa shape index (κ2) is 7.34. The highest BCUT2D eigenvalue weighted by molar-refractivity contribution is 7.92. The number of sulfonamides is 1. The van der Waals surface area contributed by atoms with Crippen molar-refractivity contribution in [3.05, 3.63) is 42.6 Å². The van der Waals surface area contributed by atoms with Crippen LogP contribution in [0.15, 0.2) is 41.7 Å². The summed E-state index contributed by atoms with van der Waals surface area (Å²) in [5.41, 5.74) is 0. The number of hydrogen-bond donors (Lipinski definition) is 0. The highest BCUT2D eigenvalue weighted by Gasteiger charge is 2.27. The Morgan fingerprint density at radius 2 is 2.04 bits per heavy atom. The first-order valence-corrected chi connectivity index (χ1v) is 8.07. The third-order valence-electron chi connectivity index (χ3n) is 2.96. The number of hydrogen-bond acceptors (Lipinski definition) is 6. The first kappa shape index (κ1) is 17.1. The van der Waals surface area contributed by atoms with E-state index in [0.29, 0.717) is 0 Å². The Hall–Kier alpha value is -2.26. The number of methoxy groups -OCH3 is 1. The van der Waals surface area contributed by atoms with Crippen molar-refractivity contribution in [1.82, 2.24) is 9.97 Å². The molecule has 0 fully saturated rings. The average Bonchev–Trinajstić information content (AvgIpc) is 2.56. The summed E-state index contributed by atoms with van der Waals surface area (Å²) in [6.45, 7) is 0.413. The van der Waals surface area contributed by atoms with Crippen LogP contribution in [0.3, 0.4) is 0 Å². The Bertz CT molecular complexity index is 756. The molecule has 1 heterocycles. The van der Waals surface area contributed by atoms with Gasteiger partial charge < -0.3 is 9.47 Å². The quantitative estimate of drug-likeness (QED) is 0.709. The van der Waals surface area contributed by atoms with E-state index in [1.165, 1.54) is 38.8 Å². The van der Waals surface area contributed by atoms with Crippen molar-refractivity contribution in [2.45, 2.75) is 4.90 Å². The van der Waals surface area contributed by atoms with Crippen molar-refractivity contribution >= 4 is 15.8 Å². The fourth-order valence-electron chi connectivity index (χ4n) is 1.76.